The summed E-state index contributed by atoms with van der Waals surface area (Å²) in [7, 11) is 3.94. The Kier molecular flexibility index (Phi) is 6.74. The van der Waals surface area contributed by atoms with Crippen molar-refractivity contribution >= 4 is 17.6 Å². The van der Waals surface area contributed by atoms with E-state index in [-0.39, 0.29) is 48.8 Å². The van der Waals surface area contributed by atoms with Gasteiger partial charge in [-0.1, -0.05) is 12.6 Å². The summed E-state index contributed by atoms with van der Waals surface area (Å²) in [5.74, 6) is -3.24. The smallest absolute Gasteiger partial charge is 0.262 e. The predicted molar refractivity (Wildman–Crippen MR) is 142 cm³/mol. The van der Waals surface area contributed by atoms with Gasteiger partial charge in [-0.05, 0) is 52.6 Å². The van der Waals surface area contributed by atoms with Crippen molar-refractivity contribution in [1.29, 1.82) is 0 Å². The molecule has 0 bridgehead atoms. The number of nitrogens with zero attached hydrogens (tertiary/aromatic N) is 5. The molecular formula is C28H33F2N5O4. The van der Waals surface area contributed by atoms with Crippen LogP contribution in [0.1, 0.15) is 30.6 Å². The maximum Gasteiger partial charge on any atom is 0.262 e. The molecule has 11 heteroatoms. The first-order chi connectivity index (χ1) is 18.5. The molecule has 0 spiro atoms. The summed E-state index contributed by atoms with van der Waals surface area (Å²) in [6.45, 7) is 8.75. The third-order valence-corrected chi connectivity index (χ3v) is 8.18. The average molecular weight is 542 g/mol. The number of aromatic nitrogens is 1. The monoisotopic (exact) mass is 541 g/mol. The number of fused-ring (bicyclic) bond motifs is 2. The van der Waals surface area contributed by atoms with E-state index in [1.807, 2.05) is 32.8 Å². The van der Waals surface area contributed by atoms with Gasteiger partial charge in [-0.3, -0.25) is 9.59 Å². The largest absolute Gasteiger partial charge is 0.507 e. The second kappa shape index (κ2) is 9.78. The minimum atomic E-state index is -1.03. The lowest BCUT2D eigenvalue weighted by molar-refractivity contribution is -0.128. The zero-order valence-electron chi connectivity index (χ0n) is 22.6. The molecule has 39 heavy (non-hydrogen) atoms. The van der Waals surface area contributed by atoms with Gasteiger partial charge in [0.05, 0.1) is 17.1 Å². The highest BCUT2D eigenvalue weighted by Crippen LogP contribution is 2.45. The van der Waals surface area contributed by atoms with E-state index in [2.05, 4.69) is 16.5 Å². The van der Waals surface area contributed by atoms with Gasteiger partial charge < -0.3 is 29.4 Å². The molecule has 1 aromatic heterocycles. The second-order valence-electron chi connectivity index (χ2n) is 11.0. The zero-order valence-corrected chi connectivity index (χ0v) is 22.6. The van der Waals surface area contributed by atoms with Crippen molar-refractivity contribution in [3.8, 4) is 22.8 Å². The number of likely N-dealkylation sites (N-methyl/N-ethyl adjacent to an activating group) is 1. The van der Waals surface area contributed by atoms with Crippen LogP contribution in [-0.4, -0.2) is 101 Å². The average Bonchev–Trinajstić information content (AvgIpc) is 3.13. The van der Waals surface area contributed by atoms with Crippen LogP contribution in [0.15, 0.2) is 30.9 Å². The lowest BCUT2D eigenvalue weighted by atomic mass is 9.94. The third kappa shape index (κ3) is 4.28. The van der Waals surface area contributed by atoms with Crippen molar-refractivity contribution in [3.63, 3.8) is 0 Å². The van der Waals surface area contributed by atoms with Crippen LogP contribution in [0.2, 0.25) is 0 Å². The molecule has 1 N–H and O–H groups in total. The van der Waals surface area contributed by atoms with Gasteiger partial charge >= 0.3 is 0 Å². The number of ether oxygens (including phenoxy) is 1. The van der Waals surface area contributed by atoms with Gasteiger partial charge in [0.1, 0.15) is 35.2 Å². The fourth-order valence-electron chi connectivity index (χ4n) is 6.23. The lowest BCUT2D eigenvalue weighted by Crippen LogP contribution is -2.57. The van der Waals surface area contributed by atoms with E-state index in [0.717, 1.165) is 12.5 Å². The van der Waals surface area contributed by atoms with Gasteiger partial charge in [0.2, 0.25) is 5.91 Å². The normalized spacial score (nSPS) is 22.3. The Morgan fingerprint density at radius 3 is 2.62 bits per heavy atom. The lowest BCUT2D eigenvalue weighted by Gasteiger charge is -2.41. The summed E-state index contributed by atoms with van der Waals surface area (Å²) in [5.41, 5.74) is -1.40. The Bertz CT molecular complexity index is 1330. The van der Waals surface area contributed by atoms with Crippen molar-refractivity contribution in [1.82, 2.24) is 19.7 Å². The summed E-state index contributed by atoms with van der Waals surface area (Å²) in [5, 5.41) is 10.5. The molecule has 3 aliphatic heterocycles. The molecule has 1 aromatic carbocycles. The van der Waals surface area contributed by atoms with Crippen LogP contribution < -0.4 is 9.64 Å². The topological polar surface area (TPSA) is 89.5 Å². The number of pyridine rings is 1. The van der Waals surface area contributed by atoms with Crippen LogP contribution in [0.4, 0.5) is 14.6 Å². The number of hydrogen-bond acceptors (Lipinski definition) is 7. The number of carbonyl (C=O) groups excluding carboxylic acids is 2. The van der Waals surface area contributed by atoms with Crippen LogP contribution >= 0.6 is 0 Å². The summed E-state index contributed by atoms with van der Waals surface area (Å²) in [6.07, 6.45) is 1.98. The number of phenols is 1. The molecule has 208 valence electrons. The van der Waals surface area contributed by atoms with Crippen LogP contribution in [0, 0.1) is 11.6 Å². The number of hydrogen-bond donors (Lipinski definition) is 1. The van der Waals surface area contributed by atoms with Crippen molar-refractivity contribution < 1.29 is 28.2 Å². The third-order valence-electron chi connectivity index (χ3n) is 8.18. The molecule has 1 unspecified atom stereocenters. The maximum atomic E-state index is 16.2. The Hall–Kier alpha value is -3.73. The molecule has 2 fully saturated rings. The summed E-state index contributed by atoms with van der Waals surface area (Å²) < 4.78 is 37.2. The first-order valence-electron chi connectivity index (χ1n) is 13.0. The van der Waals surface area contributed by atoms with Crippen molar-refractivity contribution in [2.24, 2.45) is 0 Å². The number of piperazine rings is 1. The molecule has 4 heterocycles. The fraction of sp³-hybridized carbons (Fsp3) is 0.464. The highest BCUT2D eigenvalue weighted by atomic mass is 19.1. The summed E-state index contributed by atoms with van der Waals surface area (Å²) in [4.78, 5) is 38.1. The Morgan fingerprint density at radius 2 is 1.97 bits per heavy atom. The Balaban J connectivity index is 1.70. The molecule has 2 saturated heterocycles. The van der Waals surface area contributed by atoms with Gasteiger partial charge in [0.15, 0.2) is 11.6 Å². The minimum Gasteiger partial charge on any atom is -0.507 e. The number of amides is 2. The second-order valence-corrected chi connectivity index (χ2v) is 11.0. The van der Waals surface area contributed by atoms with E-state index in [1.165, 1.54) is 18.2 Å². The van der Waals surface area contributed by atoms with Crippen molar-refractivity contribution in [2.75, 3.05) is 51.8 Å². The van der Waals surface area contributed by atoms with E-state index in [9.17, 15) is 19.1 Å². The SMILES string of the molecule is C=CC(=O)N1CCN2C(=O)c3c(N4CCC(N(C)C)C4(C)C)nc(-c4c(O)cccc4F)c(F)c3OC[C@H]2C1. The van der Waals surface area contributed by atoms with Crippen LogP contribution in [0.3, 0.4) is 0 Å². The van der Waals surface area contributed by atoms with Crippen LogP contribution in [0.5, 0.6) is 11.5 Å². The molecule has 2 aromatic rings. The molecule has 2 atom stereocenters. The van der Waals surface area contributed by atoms with Gasteiger partial charge in [0, 0.05) is 32.2 Å². The van der Waals surface area contributed by atoms with Gasteiger partial charge in [-0.15, -0.1) is 0 Å². The highest BCUT2D eigenvalue weighted by molar-refractivity contribution is 6.03. The number of anilines is 1. The number of phenolic OH excluding ortho intramolecular Hbond substituents is 1. The molecular weight excluding hydrogens is 508 g/mol. The number of benzene rings is 1. The number of aromatic hydroxyl groups is 1. The maximum absolute atomic E-state index is 16.2. The zero-order chi connectivity index (χ0) is 28.2. The number of rotatable bonds is 4. The standard InChI is InChI=1S/C28H33F2N5O4/c1-6-20(37)33-12-13-34-16(14-33)15-39-25-22(27(34)38)26(35-11-10-19(32(4)5)28(35,2)3)31-24(23(25)30)21-17(29)8-7-9-18(21)36/h6-9,16,19,36H,1,10-15H2,2-5H3/t16-,19?/m1/s1. The van der Waals surface area contributed by atoms with Gasteiger partial charge in [0.25, 0.3) is 5.91 Å². The Labute approximate surface area is 226 Å². The minimum absolute atomic E-state index is 0.0365. The van der Waals surface area contributed by atoms with E-state index < -0.39 is 46.1 Å². The van der Waals surface area contributed by atoms with E-state index in [0.29, 0.717) is 13.1 Å². The van der Waals surface area contributed by atoms with Crippen molar-refractivity contribution in [2.45, 2.75) is 37.9 Å². The molecule has 0 aliphatic carbocycles. The quantitative estimate of drug-likeness (QED) is 0.596. The number of halogens is 2. The van der Waals surface area contributed by atoms with Gasteiger partial charge in [-0.2, -0.15) is 0 Å². The highest BCUT2D eigenvalue weighted by Gasteiger charge is 2.47. The molecule has 3 aliphatic rings. The molecule has 0 radical (unpaired) electrons. The van der Waals surface area contributed by atoms with Crippen LogP contribution in [0.25, 0.3) is 11.3 Å². The van der Waals surface area contributed by atoms with E-state index in [1.54, 1.807) is 9.80 Å². The van der Waals surface area contributed by atoms with Gasteiger partial charge in [-0.25, -0.2) is 13.8 Å². The summed E-state index contributed by atoms with van der Waals surface area (Å²) >= 11 is 0. The molecule has 2 amide bonds. The van der Waals surface area contributed by atoms with E-state index >= 15 is 4.39 Å². The van der Waals surface area contributed by atoms with Crippen LogP contribution in [-0.2, 0) is 4.79 Å². The molecule has 0 saturated carbocycles. The predicted octanol–water partition coefficient (Wildman–Crippen LogP) is 2.88. The first kappa shape index (κ1) is 26.9. The Morgan fingerprint density at radius 1 is 1.23 bits per heavy atom. The first-order valence-corrected chi connectivity index (χ1v) is 13.0. The number of carbonyl (C=O) groups is 2. The summed E-state index contributed by atoms with van der Waals surface area (Å²) in [6, 6.07) is 3.25. The molecule has 9 nitrogen and oxygen atoms in total. The fourth-order valence-corrected chi connectivity index (χ4v) is 6.23. The van der Waals surface area contributed by atoms with Crippen molar-refractivity contribution in [3.05, 3.63) is 48.1 Å². The molecule has 5 rings (SSSR count). The van der Waals surface area contributed by atoms with E-state index in [4.69, 9.17) is 4.74 Å².